The molecular formula is C33H42B2Br2ClF3I2N6NaO8PS4. The Hall–Kier alpha value is 0.150. The predicted octanol–water partition coefficient (Wildman–Crippen LogP) is 6.87. The maximum Gasteiger partial charge on any atom is 1.00 e. The van der Waals surface area contributed by atoms with E-state index in [9.17, 15) is 38.4 Å². The fourth-order valence-corrected chi connectivity index (χ4v) is 14.8. The van der Waals surface area contributed by atoms with Gasteiger partial charge in [0, 0.05) is 54.3 Å². The van der Waals surface area contributed by atoms with Crippen LogP contribution in [0.25, 0.3) is 27.3 Å². The Kier molecular flexibility index (Phi) is 25.7. The number of nitrogens with one attached hydrogen (secondary N) is 1. The molecule has 0 spiro atoms. The number of hydrogen-bond acceptors (Lipinski definition) is 11. The molecule has 30 heteroatoms. The molecule has 4 heterocycles. The minimum atomic E-state index is -3.63. The van der Waals surface area contributed by atoms with Crippen LogP contribution in [0.4, 0.5) is 13.2 Å². The van der Waals surface area contributed by atoms with Gasteiger partial charge >= 0.3 is 105 Å². The van der Waals surface area contributed by atoms with Crippen molar-refractivity contribution in [3.05, 3.63) is 91.8 Å². The standard InChI is InChI=1S/C14H18BFN2O4S.C8H6BrFN2O2S.C8H5BrFN.CH3ClO2S.2CH4.BHI2NPS.Na.H/c1-13(2)14(3,4)22-15(21-13)11-6-9(16)7-12-10(11)8-17-18(12)23(5,19)20;1-15(13,14)12-8-3-5(10)2-7(9)6(8)4-11-12;9-8-2-6(10)1-5-3-11-4-7(5)8;1-5(2,3)4;;;2-1-6-5(3)4;;/h6-8H,1-5H3;2-4H,1H3;1-2,4H,3H2;1H3;2*1H4;4H;;/q;;;;;;;+1;-1. The molecule has 2 aromatic heterocycles. The van der Waals surface area contributed by atoms with Crippen LogP contribution in [0.5, 0.6) is 0 Å². The van der Waals surface area contributed by atoms with Crippen LogP contribution < -0.4 is 35.0 Å². The van der Waals surface area contributed by atoms with Gasteiger partial charge in [0.25, 0.3) is 20.0 Å². The van der Waals surface area contributed by atoms with Crippen molar-refractivity contribution in [2.45, 2.75) is 60.3 Å². The van der Waals surface area contributed by atoms with Crippen molar-refractivity contribution >= 4 is 176 Å². The average Bonchev–Trinajstić information content (AvgIpc) is 3.85. The molecule has 1 atom stereocenters. The summed E-state index contributed by atoms with van der Waals surface area (Å²) in [6, 6.07) is 7.80. The van der Waals surface area contributed by atoms with Gasteiger partial charge in [-0.1, -0.05) is 30.8 Å². The summed E-state index contributed by atoms with van der Waals surface area (Å²) in [4.78, 5) is 4.03. The van der Waals surface area contributed by atoms with E-state index in [4.69, 9.17) is 14.8 Å². The molecule has 0 bridgehead atoms. The zero-order valence-corrected chi connectivity index (χ0v) is 47.6. The van der Waals surface area contributed by atoms with Gasteiger partial charge in [-0.25, -0.2) is 38.4 Å². The first-order chi connectivity index (χ1) is 27.4. The fraction of sp³-hybridized carbons (Fsp3) is 0.364. The van der Waals surface area contributed by atoms with Crippen LogP contribution in [0, 0.1) is 17.5 Å². The van der Waals surface area contributed by atoms with E-state index in [0.29, 0.717) is 27.3 Å². The molecule has 1 unspecified atom stereocenters. The van der Waals surface area contributed by atoms with Gasteiger partial charge in [0.15, 0.2) is 0 Å². The zero-order valence-electron chi connectivity index (χ0n) is 34.2. The number of benzene rings is 3. The smallest absolute Gasteiger partial charge is 1.00 e. The second-order valence-electron chi connectivity index (χ2n) is 13.4. The summed E-state index contributed by atoms with van der Waals surface area (Å²) in [5, 5.41) is 8.60. The molecule has 5 aromatic rings. The van der Waals surface area contributed by atoms with Crippen molar-refractivity contribution in [2.75, 3.05) is 18.8 Å². The Morgan fingerprint density at radius 3 is 1.68 bits per heavy atom. The van der Waals surface area contributed by atoms with Crippen molar-refractivity contribution in [2.24, 2.45) is 4.99 Å². The average molecular weight is 1360 g/mol. The maximum absolute atomic E-state index is 14.0. The molecule has 3 aromatic carbocycles. The molecular weight excluding hydrogens is 1320 g/mol. The molecule has 63 heavy (non-hydrogen) atoms. The van der Waals surface area contributed by atoms with Crippen LogP contribution >= 0.6 is 91.4 Å². The van der Waals surface area contributed by atoms with Crippen LogP contribution in [0.2, 0.25) is 0 Å². The Morgan fingerprint density at radius 2 is 1.25 bits per heavy atom. The first-order valence-corrected chi connectivity index (χ1v) is 31.1. The minimum absolute atomic E-state index is 0. The van der Waals surface area contributed by atoms with Crippen molar-refractivity contribution in [3.63, 3.8) is 0 Å². The third kappa shape index (κ3) is 18.5. The Balaban J connectivity index is 0. The van der Waals surface area contributed by atoms with Gasteiger partial charge in [0.05, 0.1) is 59.9 Å². The molecule has 0 aliphatic carbocycles. The van der Waals surface area contributed by atoms with E-state index in [0.717, 1.165) is 54.7 Å². The summed E-state index contributed by atoms with van der Waals surface area (Å²) in [6.45, 7) is 8.17. The van der Waals surface area contributed by atoms with Crippen LogP contribution in [0.3, 0.4) is 0 Å². The number of hydrogen-bond donors (Lipinski definition) is 0. The van der Waals surface area contributed by atoms with E-state index in [1.807, 2.05) is 31.7 Å². The maximum atomic E-state index is 14.0. The van der Waals surface area contributed by atoms with Gasteiger partial charge in [0.1, 0.15) is 17.5 Å². The van der Waals surface area contributed by atoms with E-state index in [1.54, 1.807) is 16.6 Å². The molecule has 1 saturated heterocycles. The number of aromatic nitrogens is 4. The summed E-state index contributed by atoms with van der Waals surface area (Å²) in [7, 11) is -5.06. The summed E-state index contributed by atoms with van der Waals surface area (Å²) >= 11 is 10.6. The molecule has 14 nitrogen and oxygen atoms in total. The molecule has 0 amide bonds. The van der Waals surface area contributed by atoms with Gasteiger partial charge < -0.3 is 10.7 Å². The Labute approximate surface area is 443 Å². The fourth-order valence-electron chi connectivity index (χ4n) is 5.00. The molecule has 2 aliphatic rings. The molecule has 2 aliphatic heterocycles. The number of nitrogens with zero attached hydrogens (tertiary/aromatic N) is 5. The third-order valence-electron chi connectivity index (χ3n) is 8.15. The summed E-state index contributed by atoms with van der Waals surface area (Å²) in [5.41, 5.74) is 8.57. The molecule has 1 N–H and O–H groups in total. The van der Waals surface area contributed by atoms with Gasteiger partial charge in [0.2, 0.25) is 9.05 Å². The van der Waals surface area contributed by atoms with E-state index in [2.05, 4.69) is 102 Å². The Morgan fingerprint density at radius 1 is 0.841 bits per heavy atom. The largest absolute Gasteiger partial charge is 1.00 e. The minimum Gasteiger partial charge on any atom is 1.00 e. The summed E-state index contributed by atoms with van der Waals surface area (Å²) in [6.07, 6.45) is 7.47. The van der Waals surface area contributed by atoms with E-state index in [1.165, 1.54) is 36.7 Å². The molecule has 0 radical (unpaired) electrons. The van der Waals surface area contributed by atoms with Gasteiger partial charge in [-0.05, 0) is 78.9 Å². The monoisotopic (exact) mass is 1360 g/mol. The first kappa shape index (κ1) is 63.1. The topological polar surface area (TPSA) is 193 Å². The molecule has 0 saturated carbocycles. The quantitative estimate of drug-likeness (QED) is 0.0797. The van der Waals surface area contributed by atoms with Gasteiger partial charge in [-0.3, -0.25) is 4.99 Å². The zero-order chi connectivity index (χ0) is 45.8. The number of rotatable bonds is 3. The van der Waals surface area contributed by atoms with Crippen molar-refractivity contribution in [1.29, 1.82) is 0 Å². The van der Waals surface area contributed by atoms with E-state index in [-0.39, 0.29) is 62.7 Å². The second kappa shape index (κ2) is 25.7. The van der Waals surface area contributed by atoms with Gasteiger partial charge in [-0.2, -0.15) is 18.4 Å². The van der Waals surface area contributed by atoms with Crippen molar-refractivity contribution < 1.29 is 78.7 Å². The summed E-state index contributed by atoms with van der Waals surface area (Å²) in [5.74, 6) is -1.30. The van der Waals surface area contributed by atoms with Crippen LogP contribution in [-0.4, -0.2) is 90.9 Å². The van der Waals surface area contributed by atoms with Crippen LogP contribution in [0.1, 0.15) is 55.1 Å². The van der Waals surface area contributed by atoms with E-state index < -0.39 is 63.5 Å². The first-order valence-electron chi connectivity index (χ1n) is 16.3. The summed E-state index contributed by atoms with van der Waals surface area (Å²) < 4.78 is 121. The number of aliphatic imine (C=N–C) groups is 1. The third-order valence-corrected chi connectivity index (χ3v) is 16.5. The van der Waals surface area contributed by atoms with Gasteiger partial charge in [-0.15, -0.1) is 0 Å². The van der Waals surface area contributed by atoms with Crippen molar-refractivity contribution in [1.82, 2.24) is 18.4 Å². The second-order valence-corrected chi connectivity index (χ2v) is 30.8. The van der Waals surface area contributed by atoms with Crippen LogP contribution in [-0.2, 0) is 55.3 Å². The van der Waals surface area contributed by atoms with Crippen LogP contribution in [0.15, 0.2) is 62.7 Å². The van der Waals surface area contributed by atoms with E-state index >= 15 is 0 Å². The SMILES string of the molecule is C.C.CC1(C)OB(c2cc(F)cc3c2cnn3S(C)(=O)=O)OC1(C)C.CS(=O)(=O)Cl.CS(=O)(=O)n1ncc2c(Br)cc(F)cc21.Fc1cc(Br)c2c(c1)CN=C2.[H-].[NH-][P+](I)=S=BI.[Na+]. The molecule has 1 fully saturated rings. The number of halogens is 8. The Bertz CT molecular complexity index is 2870. The molecule has 7 rings (SSSR count). The normalized spacial score (nSPS) is 14.5. The predicted molar refractivity (Wildman–Crippen MR) is 276 cm³/mol. The van der Waals surface area contributed by atoms with Crippen molar-refractivity contribution in [3.8, 4) is 0 Å². The number of fused-ring (bicyclic) bond motifs is 3. The molecule has 344 valence electrons.